The summed E-state index contributed by atoms with van der Waals surface area (Å²) < 4.78 is 7.13. The average Bonchev–Trinajstić information content (AvgIpc) is 3.03. The fourth-order valence-corrected chi connectivity index (χ4v) is 2.87. The van der Waals surface area contributed by atoms with Gasteiger partial charge in [-0.05, 0) is 27.7 Å². The number of ether oxygens (including phenoxy) is 1. The smallest absolute Gasteiger partial charge is 0.410 e. The lowest BCUT2D eigenvalue weighted by Gasteiger charge is -2.26. The van der Waals surface area contributed by atoms with Gasteiger partial charge < -0.3 is 15.0 Å². The van der Waals surface area contributed by atoms with Crippen LogP contribution in [0.25, 0.3) is 0 Å². The van der Waals surface area contributed by atoms with E-state index in [0.29, 0.717) is 18.8 Å². The number of likely N-dealkylation sites (tertiary alicyclic amines) is 1. The molecule has 3 heterocycles. The summed E-state index contributed by atoms with van der Waals surface area (Å²) in [5.41, 5.74) is 0.908. The number of amides is 2. The number of hydrogen-bond donors (Lipinski definition) is 1. The number of hydrogen-bond acceptors (Lipinski definition) is 4. The third-order valence-corrected chi connectivity index (χ3v) is 3.76. The second kappa shape index (κ2) is 6.22. The molecule has 2 atom stereocenters. The maximum Gasteiger partial charge on any atom is 0.410 e. The lowest BCUT2D eigenvalue weighted by molar-refractivity contribution is 0.0286. The molecule has 2 aliphatic rings. The molecule has 0 aliphatic carbocycles. The predicted molar refractivity (Wildman–Crippen MR) is 86.4 cm³/mol. The van der Waals surface area contributed by atoms with Gasteiger partial charge in [-0.15, -0.1) is 0 Å². The zero-order chi connectivity index (χ0) is 17.4. The molecule has 0 unspecified atom stereocenters. The zero-order valence-electron chi connectivity index (χ0n) is 14.7. The number of fused-ring (bicyclic) bond motifs is 3. The minimum absolute atomic E-state index is 0.0288. The number of aryl methyl sites for hydroxylation is 1. The Labute approximate surface area is 137 Å². The first kappa shape index (κ1) is 17.3. The lowest BCUT2D eigenvalue weighted by atomic mass is 10.1. The molecule has 0 aromatic carbocycles. The molecule has 1 aromatic heterocycles. The van der Waals surface area contributed by atoms with Crippen molar-refractivity contribution in [1.29, 1.82) is 0 Å². The fraction of sp³-hybridized carbons (Fsp3) is 0.688. The van der Waals surface area contributed by atoms with Crippen molar-refractivity contribution < 1.29 is 14.3 Å². The second-order valence-electron chi connectivity index (χ2n) is 6.65. The van der Waals surface area contributed by atoms with Gasteiger partial charge in [-0.3, -0.25) is 9.48 Å². The van der Waals surface area contributed by atoms with E-state index in [2.05, 4.69) is 10.4 Å². The van der Waals surface area contributed by atoms with Crippen LogP contribution in [0.3, 0.4) is 0 Å². The Bertz CT molecular complexity index is 603. The first-order valence-corrected chi connectivity index (χ1v) is 8.09. The molecule has 128 valence electrons. The Balaban J connectivity index is 0.000000924. The van der Waals surface area contributed by atoms with Crippen molar-refractivity contribution in [1.82, 2.24) is 20.0 Å². The Morgan fingerprint density at radius 3 is 2.61 bits per heavy atom. The van der Waals surface area contributed by atoms with Crippen LogP contribution in [0.2, 0.25) is 0 Å². The molecule has 0 radical (unpaired) electrons. The molecule has 7 nitrogen and oxygen atoms in total. The highest BCUT2D eigenvalue weighted by molar-refractivity contribution is 5.95. The number of rotatable bonds is 0. The van der Waals surface area contributed by atoms with Crippen LogP contribution >= 0.6 is 0 Å². The molecule has 0 spiro atoms. The quantitative estimate of drug-likeness (QED) is 0.794. The van der Waals surface area contributed by atoms with Crippen LogP contribution in [0, 0.1) is 6.92 Å². The van der Waals surface area contributed by atoms with E-state index in [-0.39, 0.29) is 24.1 Å². The highest BCUT2D eigenvalue weighted by atomic mass is 16.6. The lowest BCUT2D eigenvalue weighted by Crippen LogP contribution is -2.47. The molecule has 2 amide bonds. The van der Waals surface area contributed by atoms with E-state index < -0.39 is 5.60 Å². The number of aromatic nitrogens is 2. The summed E-state index contributed by atoms with van der Waals surface area (Å²) in [5.74, 6) is -0.128. The highest BCUT2D eigenvalue weighted by Gasteiger charge is 2.44. The van der Waals surface area contributed by atoms with Crippen molar-refractivity contribution in [3.8, 4) is 0 Å². The number of nitrogens with one attached hydrogen (secondary N) is 1. The Morgan fingerprint density at radius 1 is 1.35 bits per heavy atom. The van der Waals surface area contributed by atoms with Crippen LogP contribution in [-0.2, 0) is 4.74 Å². The van der Waals surface area contributed by atoms with Crippen LogP contribution in [0.5, 0.6) is 0 Å². The van der Waals surface area contributed by atoms with Gasteiger partial charge in [0.15, 0.2) is 0 Å². The number of nitrogens with zero attached hydrogens (tertiary/aromatic N) is 3. The molecular formula is C16H26N4O3. The summed E-state index contributed by atoms with van der Waals surface area (Å²) in [6.07, 6.45) is 1.34. The predicted octanol–water partition coefficient (Wildman–Crippen LogP) is 2.12. The molecule has 3 rings (SSSR count). The fourth-order valence-electron chi connectivity index (χ4n) is 2.87. The zero-order valence-corrected chi connectivity index (χ0v) is 14.7. The van der Waals surface area contributed by atoms with Gasteiger partial charge in [0.05, 0.1) is 18.3 Å². The highest BCUT2D eigenvalue weighted by Crippen LogP contribution is 2.29. The minimum Gasteiger partial charge on any atom is -0.444 e. The largest absolute Gasteiger partial charge is 0.444 e. The van der Waals surface area contributed by atoms with Gasteiger partial charge in [0.1, 0.15) is 11.3 Å². The van der Waals surface area contributed by atoms with E-state index in [9.17, 15) is 9.59 Å². The monoisotopic (exact) mass is 322 g/mol. The van der Waals surface area contributed by atoms with E-state index in [1.165, 1.54) is 0 Å². The third-order valence-electron chi connectivity index (χ3n) is 3.76. The van der Waals surface area contributed by atoms with Crippen LogP contribution in [0.1, 0.15) is 56.7 Å². The summed E-state index contributed by atoms with van der Waals surface area (Å²) in [6.45, 7) is 12.3. The van der Waals surface area contributed by atoms with E-state index in [0.717, 1.165) is 5.56 Å². The molecule has 1 fully saturated rings. The standard InChI is InChI=1S/C14H20N4O3.C2H6/c1-8-5-15-18-10-7-17(13(20)21-14(2,3)4)6-9(10)16-12(19)11(8)18;1-2/h5,9-10H,6-7H2,1-4H3,(H,16,19);1-2H3/t9-,10+;/m1./s1. The molecule has 0 saturated carbocycles. The van der Waals surface area contributed by atoms with E-state index in [1.54, 1.807) is 15.8 Å². The van der Waals surface area contributed by atoms with Crippen molar-refractivity contribution in [3.05, 3.63) is 17.5 Å². The van der Waals surface area contributed by atoms with Crippen LogP contribution in [-0.4, -0.2) is 51.4 Å². The number of carbonyl (C=O) groups is 2. The van der Waals surface area contributed by atoms with Crippen molar-refractivity contribution >= 4 is 12.0 Å². The summed E-state index contributed by atoms with van der Waals surface area (Å²) >= 11 is 0. The van der Waals surface area contributed by atoms with Crippen LogP contribution in [0.4, 0.5) is 4.79 Å². The van der Waals surface area contributed by atoms with Gasteiger partial charge in [-0.2, -0.15) is 5.10 Å². The van der Waals surface area contributed by atoms with E-state index >= 15 is 0 Å². The first-order chi connectivity index (χ1) is 10.8. The van der Waals surface area contributed by atoms with Crippen LogP contribution in [0.15, 0.2) is 6.20 Å². The second-order valence-corrected chi connectivity index (χ2v) is 6.65. The molecule has 0 bridgehead atoms. The van der Waals surface area contributed by atoms with E-state index in [4.69, 9.17) is 4.74 Å². The van der Waals surface area contributed by atoms with Gasteiger partial charge in [-0.25, -0.2) is 4.79 Å². The molecular weight excluding hydrogens is 296 g/mol. The van der Waals surface area contributed by atoms with Gasteiger partial charge in [0.25, 0.3) is 5.91 Å². The summed E-state index contributed by atoms with van der Waals surface area (Å²) in [4.78, 5) is 25.9. The SMILES string of the molecule is CC.Cc1cnn2c1C(=O)N[C@@H]1CN(C(=O)OC(C)(C)C)C[C@@H]12. The molecule has 23 heavy (non-hydrogen) atoms. The van der Waals surface area contributed by atoms with Gasteiger partial charge in [0, 0.05) is 18.7 Å². The van der Waals surface area contributed by atoms with Crippen LogP contribution < -0.4 is 5.32 Å². The van der Waals surface area contributed by atoms with Gasteiger partial charge in [0.2, 0.25) is 0 Å². The van der Waals surface area contributed by atoms with E-state index in [1.807, 2.05) is 41.5 Å². The Hall–Kier alpha value is -2.05. The van der Waals surface area contributed by atoms with Gasteiger partial charge in [-0.1, -0.05) is 13.8 Å². The maximum absolute atomic E-state index is 12.2. The molecule has 1 N–H and O–H groups in total. The minimum atomic E-state index is -0.526. The van der Waals surface area contributed by atoms with Crippen molar-refractivity contribution in [2.75, 3.05) is 13.1 Å². The molecule has 1 aromatic rings. The summed E-state index contributed by atoms with van der Waals surface area (Å²) in [7, 11) is 0. The first-order valence-electron chi connectivity index (χ1n) is 8.09. The molecule has 1 saturated heterocycles. The summed E-state index contributed by atoms with van der Waals surface area (Å²) in [6, 6.07) is -0.143. The van der Waals surface area contributed by atoms with Crippen molar-refractivity contribution in [2.45, 2.75) is 59.2 Å². The maximum atomic E-state index is 12.2. The number of carbonyl (C=O) groups excluding carboxylic acids is 2. The Morgan fingerprint density at radius 2 is 2.00 bits per heavy atom. The average molecular weight is 322 g/mol. The Kier molecular flexibility index (Phi) is 4.68. The molecule has 2 aliphatic heterocycles. The molecule has 7 heteroatoms. The van der Waals surface area contributed by atoms with Gasteiger partial charge >= 0.3 is 6.09 Å². The topological polar surface area (TPSA) is 76.5 Å². The normalized spacial score (nSPS) is 22.5. The van der Waals surface area contributed by atoms with Crippen molar-refractivity contribution in [3.63, 3.8) is 0 Å². The van der Waals surface area contributed by atoms with Crippen molar-refractivity contribution in [2.24, 2.45) is 0 Å². The summed E-state index contributed by atoms with van der Waals surface area (Å²) in [5, 5.41) is 7.25. The third kappa shape index (κ3) is 3.33.